The Balaban J connectivity index is 1.90. The summed E-state index contributed by atoms with van der Waals surface area (Å²) in [7, 11) is 1.65. The van der Waals surface area contributed by atoms with Gasteiger partial charge in [0.05, 0.1) is 12.8 Å². The van der Waals surface area contributed by atoms with Crippen LogP contribution in [0.1, 0.15) is 16.8 Å². The second-order valence-electron chi connectivity index (χ2n) is 5.99. The summed E-state index contributed by atoms with van der Waals surface area (Å²) >= 11 is 0. The van der Waals surface area contributed by atoms with Gasteiger partial charge in [0.25, 0.3) is 0 Å². The normalized spacial score (nSPS) is 10.4. The van der Waals surface area contributed by atoms with Crippen LogP contribution in [0, 0.1) is 20.8 Å². The Morgan fingerprint density at radius 1 is 0.840 bits per heavy atom. The van der Waals surface area contributed by atoms with Gasteiger partial charge in [0.2, 0.25) is 5.95 Å². The van der Waals surface area contributed by atoms with Crippen molar-refractivity contribution in [1.29, 1.82) is 0 Å². The molecule has 5 nitrogen and oxygen atoms in total. The van der Waals surface area contributed by atoms with Crippen LogP contribution in [0.5, 0.6) is 5.75 Å². The molecule has 0 aliphatic rings. The number of aryl methyl sites for hydroxylation is 3. The first-order chi connectivity index (χ1) is 12.0. The molecule has 0 fully saturated rings. The lowest BCUT2D eigenvalue weighted by Crippen LogP contribution is -2.04. The van der Waals surface area contributed by atoms with Crippen LogP contribution in [0.25, 0.3) is 0 Å². The highest BCUT2D eigenvalue weighted by Gasteiger charge is 2.08. The van der Waals surface area contributed by atoms with Crippen LogP contribution in [0.4, 0.5) is 23.1 Å². The number of benzene rings is 2. The lowest BCUT2D eigenvalue weighted by Gasteiger charge is -2.13. The number of rotatable bonds is 5. The highest BCUT2D eigenvalue weighted by molar-refractivity contribution is 5.66. The molecule has 3 rings (SSSR count). The van der Waals surface area contributed by atoms with Gasteiger partial charge >= 0.3 is 0 Å². The number of nitrogens with one attached hydrogen (secondary N) is 2. The molecule has 0 bridgehead atoms. The Hall–Kier alpha value is -3.08. The number of ether oxygens (including phenoxy) is 1. The first kappa shape index (κ1) is 16.8. The van der Waals surface area contributed by atoms with E-state index in [1.54, 1.807) is 7.11 Å². The number of hydrogen-bond donors (Lipinski definition) is 2. The predicted molar refractivity (Wildman–Crippen MR) is 102 cm³/mol. The summed E-state index contributed by atoms with van der Waals surface area (Å²) in [6.07, 6.45) is 0. The first-order valence-electron chi connectivity index (χ1n) is 8.15. The summed E-state index contributed by atoms with van der Waals surface area (Å²) in [4.78, 5) is 9.06. The van der Waals surface area contributed by atoms with Crippen molar-refractivity contribution in [1.82, 2.24) is 9.97 Å². The third kappa shape index (κ3) is 4.07. The molecule has 0 spiro atoms. The van der Waals surface area contributed by atoms with Gasteiger partial charge in [-0.3, -0.25) is 0 Å². The minimum atomic E-state index is 0.528. The van der Waals surface area contributed by atoms with Crippen molar-refractivity contribution in [3.63, 3.8) is 0 Å². The van der Waals surface area contributed by atoms with Crippen LogP contribution in [0.15, 0.2) is 48.5 Å². The molecular formula is C20H22N4O. The third-order valence-electron chi connectivity index (χ3n) is 3.86. The van der Waals surface area contributed by atoms with E-state index >= 15 is 0 Å². The standard InChI is InChI=1S/C20H22N4O/c1-13-9-10-18(25-4)17(11-13)23-20-21-15(3)12-19(24-20)22-16-8-6-5-7-14(16)2/h5-12H,1-4H3,(H2,21,22,23,24). The Morgan fingerprint density at radius 3 is 2.40 bits per heavy atom. The van der Waals surface area contributed by atoms with E-state index < -0.39 is 0 Å². The van der Waals surface area contributed by atoms with Crippen molar-refractivity contribution in [3.8, 4) is 5.75 Å². The van der Waals surface area contributed by atoms with Crippen molar-refractivity contribution < 1.29 is 4.74 Å². The molecular weight excluding hydrogens is 312 g/mol. The van der Waals surface area contributed by atoms with E-state index in [1.165, 1.54) is 0 Å². The van der Waals surface area contributed by atoms with Crippen molar-refractivity contribution in [2.45, 2.75) is 20.8 Å². The molecule has 1 aromatic heterocycles. The zero-order valence-corrected chi connectivity index (χ0v) is 14.9. The molecule has 0 unspecified atom stereocenters. The largest absolute Gasteiger partial charge is 0.495 e. The van der Waals surface area contributed by atoms with Crippen LogP contribution in [-0.2, 0) is 0 Å². The maximum atomic E-state index is 5.41. The third-order valence-corrected chi connectivity index (χ3v) is 3.86. The maximum absolute atomic E-state index is 5.41. The highest BCUT2D eigenvalue weighted by atomic mass is 16.5. The van der Waals surface area contributed by atoms with Gasteiger partial charge in [0.15, 0.2) is 0 Å². The Bertz CT molecular complexity index is 893. The summed E-state index contributed by atoms with van der Waals surface area (Å²) < 4.78 is 5.41. The van der Waals surface area contributed by atoms with Gasteiger partial charge in [-0.25, -0.2) is 4.98 Å². The van der Waals surface area contributed by atoms with Crippen molar-refractivity contribution in [3.05, 3.63) is 65.4 Å². The molecule has 0 amide bonds. The molecule has 0 aliphatic carbocycles. The minimum absolute atomic E-state index is 0.528. The Kier molecular flexibility index (Phi) is 4.84. The molecule has 1 heterocycles. The monoisotopic (exact) mass is 334 g/mol. The minimum Gasteiger partial charge on any atom is -0.495 e. The molecule has 0 aliphatic heterocycles. The van der Waals surface area contributed by atoms with E-state index in [0.717, 1.165) is 39.8 Å². The number of para-hydroxylation sites is 1. The summed E-state index contributed by atoms with van der Waals surface area (Å²) in [5.41, 5.74) is 5.04. The quantitative estimate of drug-likeness (QED) is 0.695. The van der Waals surface area contributed by atoms with Gasteiger partial charge in [0.1, 0.15) is 11.6 Å². The highest BCUT2D eigenvalue weighted by Crippen LogP contribution is 2.28. The lowest BCUT2D eigenvalue weighted by molar-refractivity contribution is 0.416. The van der Waals surface area contributed by atoms with Crippen molar-refractivity contribution in [2.75, 3.05) is 17.7 Å². The Labute approximate surface area is 148 Å². The predicted octanol–water partition coefficient (Wildman–Crippen LogP) is 4.90. The van der Waals surface area contributed by atoms with E-state index in [1.807, 2.05) is 56.3 Å². The lowest BCUT2D eigenvalue weighted by atomic mass is 10.2. The van der Waals surface area contributed by atoms with Crippen molar-refractivity contribution >= 4 is 23.1 Å². The van der Waals surface area contributed by atoms with Gasteiger partial charge in [0, 0.05) is 17.4 Å². The van der Waals surface area contributed by atoms with E-state index in [9.17, 15) is 0 Å². The fourth-order valence-corrected chi connectivity index (χ4v) is 2.58. The van der Waals surface area contributed by atoms with Crippen LogP contribution in [0.3, 0.4) is 0 Å². The summed E-state index contributed by atoms with van der Waals surface area (Å²) in [5, 5.41) is 6.62. The van der Waals surface area contributed by atoms with Crippen LogP contribution >= 0.6 is 0 Å². The molecule has 0 saturated heterocycles. The van der Waals surface area contributed by atoms with E-state index in [4.69, 9.17) is 4.74 Å². The van der Waals surface area contributed by atoms with Crippen molar-refractivity contribution in [2.24, 2.45) is 0 Å². The topological polar surface area (TPSA) is 59.1 Å². The number of anilines is 4. The molecule has 3 aromatic rings. The average molecular weight is 334 g/mol. The molecule has 2 N–H and O–H groups in total. The SMILES string of the molecule is COc1ccc(C)cc1Nc1nc(C)cc(Nc2ccccc2C)n1. The van der Waals surface area contributed by atoms with Crippen LogP contribution in [0.2, 0.25) is 0 Å². The zero-order chi connectivity index (χ0) is 17.8. The molecule has 2 aromatic carbocycles. The molecule has 5 heteroatoms. The van der Waals surface area contributed by atoms with E-state index in [2.05, 4.69) is 33.6 Å². The summed E-state index contributed by atoms with van der Waals surface area (Å²) in [6, 6.07) is 16.0. The van der Waals surface area contributed by atoms with E-state index in [-0.39, 0.29) is 0 Å². The smallest absolute Gasteiger partial charge is 0.229 e. The fraction of sp³-hybridized carbons (Fsp3) is 0.200. The molecule has 25 heavy (non-hydrogen) atoms. The molecule has 0 saturated carbocycles. The Morgan fingerprint density at radius 2 is 1.64 bits per heavy atom. The maximum Gasteiger partial charge on any atom is 0.229 e. The van der Waals surface area contributed by atoms with Gasteiger partial charge in [-0.1, -0.05) is 24.3 Å². The van der Waals surface area contributed by atoms with Gasteiger partial charge in [-0.05, 0) is 50.1 Å². The van der Waals surface area contributed by atoms with Gasteiger partial charge in [-0.2, -0.15) is 4.98 Å². The van der Waals surface area contributed by atoms with Crippen LogP contribution in [-0.4, -0.2) is 17.1 Å². The number of nitrogens with zero attached hydrogens (tertiary/aromatic N) is 2. The fourth-order valence-electron chi connectivity index (χ4n) is 2.58. The second-order valence-corrected chi connectivity index (χ2v) is 5.99. The molecule has 128 valence electrons. The van der Waals surface area contributed by atoms with E-state index in [0.29, 0.717) is 5.95 Å². The van der Waals surface area contributed by atoms with Gasteiger partial charge < -0.3 is 15.4 Å². The number of hydrogen-bond acceptors (Lipinski definition) is 5. The first-order valence-corrected chi connectivity index (χ1v) is 8.15. The average Bonchev–Trinajstić information content (AvgIpc) is 2.57. The van der Waals surface area contributed by atoms with Gasteiger partial charge in [-0.15, -0.1) is 0 Å². The molecule has 0 atom stereocenters. The number of aromatic nitrogens is 2. The number of methoxy groups -OCH3 is 1. The zero-order valence-electron chi connectivity index (χ0n) is 14.9. The summed E-state index contributed by atoms with van der Waals surface area (Å²) in [5.74, 6) is 2.03. The molecule has 0 radical (unpaired) electrons. The summed E-state index contributed by atoms with van der Waals surface area (Å²) in [6.45, 7) is 6.05. The van der Waals surface area contributed by atoms with Crippen LogP contribution < -0.4 is 15.4 Å². The second kappa shape index (κ2) is 7.21.